The van der Waals surface area contributed by atoms with Crippen LogP contribution in [0.2, 0.25) is 0 Å². The van der Waals surface area contributed by atoms with Crippen LogP contribution in [0.4, 0.5) is 17.1 Å². The molecule has 0 amide bonds. The molecule has 0 atom stereocenters. The first-order chi connectivity index (χ1) is 26.3. The lowest BCUT2D eigenvalue weighted by Gasteiger charge is -2.29. The van der Waals surface area contributed by atoms with Crippen molar-refractivity contribution in [3.63, 3.8) is 0 Å². The number of furan rings is 2. The van der Waals surface area contributed by atoms with Crippen LogP contribution < -0.4 is 4.90 Å². The average molecular weight is 678 g/mol. The molecule has 11 aromatic rings. The molecule has 0 radical (unpaired) electrons. The third kappa shape index (κ3) is 4.68. The Balaban J connectivity index is 1.17. The van der Waals surface area contributed by atoms with Crippen molar-refractivity contribution in [2.24, 2.45) is 0 Å². The molecular formula is C50H31NO2. The Morgan fingerprint density at radius 1 is 0.340 bits per heavy atom. The van der Waals surface area contributed by atoms with Crippen molar-refractivity contribution in [3.05, 3.63) is 188 Å². The maximum absolute atomic E-state index is 6.55. The molecule has 0 N–H and O–H groups in total. The highest BCUT2D eigenvalue weighted by Crippen LogP contribution is 2.47. The smallest absolute Gasteiger partial charge is 0.143 e. The summed E-state index contributed by atoms with van der Waals surface area (Å²) in [4.78, 5) is 2.41. The maximum atomic E-state index is 6.55. The van der Waals surface area contributed by atoms with Crippen molar-refractivity contribution in [1.29, 1.82) is 0 Å². The van der Waals surface area contributed by atoms with E-state index in [1.165, 1.54) is 21.5 Å². The van der Waals surface area contributed by atoms with Gasteiger partial charge in [0.2, 0.25) is 0 Å². The molecule has 0 unspecified atom stereocenters. The number of para-hydroxylation sites is 3. The lowest BCUT2D eigenvalue weighted by atomic mass is 9.95. The summed E-state index contributed by atoms with van der Waals surface area (Å²) in [7, 11) is 0. The zero-order valence-electron chi connectivity index (χ0n) is 28.7. The molecule has 0 spiro atoms. The lowest BCUT2D eigenvalue weighted by molar-refractivity contribution is 0.669. The Morgan fingerprint density at radius 3 is 1.89 bits per heavy atom. The van der Waals surface area contributed by atoms with Gasteiger partial charge in [-0.2, -0.15) is 0 Å². The summed E-state index contributed by atoms with van der Waals surface area (Å²) in [5, 5.41) is 9.19. The highest BCUT2D eigenvalue weighted by atomic mass is 16.3. The summed E-state index contributed by atoms with van der Waals surface area (Å²) in [5.41, 5.74) is 11.2. The van der Waals surface area contributed by atoms with E-state index >= 15 is 0 Å². The van der Waals surface area contributed by atoms with Crippen LogP contribution in [0.3, 0.4) is 0 Å². The molecule has 0 aliphatic rings. The lowest BCUT2D eigenvalue weighted by Crippen LogP contribution is -2.12. The minimum atomic E-state index is 0.875. The molecule has 2 aromatic heterocycles. The van der Waals surface area contributed by atoms with Crippen LogP contribution in [0.5, 0.6) is 0 Å². The first kappa shape index (κ1) is 29.6. The summed E-state index contributed by atoms with van der Waals surface area (Å²) >= 11 is 0. The number of nitrogens with zero attached hydrogens (tertiary/aromatic N) is 1. The Hall–Kier alpha value is -7.10. The van der Waals surface area contributed by atoms with Gasteiger partial charge in [0, 0.05) is 43.7 Å². The van der Waals surface area contributed by atoms with E-state index in [1.807, 2.05) is 12.1 Å². The van der Waals surface area contributed by atoms with Gasteiger partial charge in [-0.1, -0.05) is 140 Å². The van der Waals surface area contributed by atoms with Gasteiger partial charge in [-0.05, 0) is 75.8 Å². The van der Waals surface area contributed by atoms with Crippen LogP contribution in [0, 0.1) is 0 Å². The van der Waals surface area contributed by atoms with Gasteiger partial charge in [0.05, 0.1) is 11.4 Å². The molecular weight excluding hydrogens is 647 g/mol. The third-order valence-electron chi connectivity index (χ3n) is 10.6. The zero-order chi connectivity index (χ0) is 34.9. The largest absolute Gasteiger partial charge is 0.456 e. The standard InChI is InChI=1S/C50H31NO2/c1-2-15-34-31-48-43(30-33(34)14-1)49-41(23-12-28-47(49)52-48)39-20-5-7-25-45(39)51(44-26-10-16-32-13-3-4-19-37(32)44)36-18-9-17-35(29-36)38-22-11-24-42-40-21-6-8-27-46(40)53-50(38)42/h1-31H. The van der Waals surface area contributed by atoms with E-state index in [4.69, 9.17) is 8.83 Å². The molecule has 0 fully saturated rings. The summed E-state index contributed by atoms with van der Waals surface area (Å²) in [6, 6.07) is 66.8. The zero-order valence-corrected chi connectivity index (χ0v) is 28.7. The van der Waals surface area contributed by atoms with Gasteiger partial charge in [0.1, 0.15) is 22.3 Å². The molecule has 0 bridgehead atoms. The molecule has 248 valence electrons. The van der Waals surface area contributed by atoms with Crippen molar-refractivity contribution in [2.75, 3.05) is 4.90 Å². The van der Waals surface area contributed by atoms with Crippen LogP contribution in [-0.2, 0) is 0 Å². The van der Waals surface area contributed by atoms with Gasteiger partial charge < -0.3 is 13.7 Å². The number of benzene rings is 9. The summed E-state index contributed by atoms with van der Waals surface area (Å²) in [6.45, 7) is 0. The monoisotopic (exact) mass is 677 g/mol. The molecule has 2 heterocycles. The fraction of sp³-hybridized carbons (Fsp3) is 0. The van der Waals surface area contributed by atoms with E-state index in [-0.39, 0.29) is 0 Å². The second-order valence-electron chi connectivity index (χ2n) is 13.7. The molecule has 0 saturated heterocycles. The molecule has 3 nitrogen and oxygen atoms in total. The van der Waals surface area contributed by atoms with Gasteiger partial charge in [-0.15, -0.1) is 0 Å². The quantitative estimate of drug-likeness (QED) is 0.182. The first-order valence-corrected chi connectivity index (χ1v) is 18.0. The van der Waals surface area contributed by atoms with Crippen molar-refractivity contribution >= 4 is 82.5 Å². The molecule has 0 aliphatic heterocycles. The molecule has 3 heteroatoms. The van der Waals surface area contributed by atoms with Gasteiger partial charge in [0.15, 0.2) is 0 Å². The predicted molar refractivity (Wildman–Crippen MR) is 222 cm³/mol. The van der Waals surface area contributed by atoms with Gasteiger partial charge >= 0.3 is 0 Å². The fourth-order valence-corrected chi connectivity index (χ4v) is 8.23. The van der Waals surface area contributed by atoms with Crippen LogP contribution in [-0.4, -0.2) is 0 Å². The Labute approximate surface area is 305 Å². The molecule has 53 heavy (non-hydrogen) atoms. The van der Waals surface area contributed by atoms with Crippen LogP contribution in [0.1, 0.15) is 0 Å². The maximum Gasteiger partial charge on any atom is 0.143 e. The van der Waals surface area contributed by atoms with E-state index < -0.39 is 0 Å². The minimum absolute atomic E-state index is 0.875. The van der Waals surface area contributed by atoms with E-state index in [1.54, 1.807) is 0 Å². The van der Waals surface area contributed by atoms with Crippen molar-refractivity contribution in [2.45, 2.75) is 0 Å². The topological polar surface area (TPSA) is 29.5 Å². The normalized spacial score (nSPS) is 11.8. The SMILES string of the molecule is c1cc(-c2cccc3c2oc2ccccc23)cc(N(c2ccccc2-c2cccc3oc4cc5ccccc5cc4c23)c2cccc3ccccc23)c1. The summed E-state index contributed by atoms with van der Waals surface area (Å²) in [6.07, 6.45) is 0. The van der Waals surface area contributed by atoms with E-state index in [9.17, 15) is 0 Å². The highest BCUT2D eigenvalue weighted by molar-refractivity contribution is 6.17. The van der Waals surface area contributed by atoms with Gasteiger partial charge in [-0.25, -0.2) is 0 Å². The molecule has 0 saturated carbocycles. The van der Waals surface area contributed by atoms with Crippen molar-refractivity contribution in [3.8, 4) is 22.3 Å². The summed E-state index contributed by atoms with van der Waals surface area (Å²) in [5.74, 6) is 0. The Morgan fingerprint density at radius 2 is 0.962 bits per heavy atom. The van der Waals surface area contributed by atoms with Crippen LogP contribution in [0.15, 0.2) is 197 Å². The number of anilines is 3. The van der Waals surface area contributed by atoms with E-state index in [2.05, 4.69) is 181 Å². The van der Waals surface area contributed by atoms with Crippen LogP contribution in [0.25, 0.3) is 87.7 Å². The summed E-state index contributed by atoms with van der Waals surface area (Å²) < 4.78 is 13.1. The second kappa shape index (κ2) is 11.7. The van der Waals surface area contributed by atoms with E-state index in [0.29, 0.717) is 0 Å². The highest BCUT2D eigenvalue weighted by Gasteiger charge is 2.22. The number of rotatable bonds is 5. The van der Waals surface area contributed by atoms with Gasteiger partial charge in [0.25, 0.3) is 0 Å². The third-order valence-corrected chi connectivity index (χ3v) is 10.6. The minimum Gasteiger partial charge on any atom is -0.456 e. The van der Waals surface area contributed by atoms with Gasteiger partial charge in [-0.3, -0.25) is 0 Å². The molecule has 9 aromatic carbocycles. The average Bonchev–Trinajstić information content (AvgIpc) is 3.78. The second-order valence-corrected chi connectivity index (χ2v) is 13.7. The van der Waals surface area contributed by atoms with Crippen LogP contribution >= 0.6 is 0 Å². The Bertz CT molecular complexity index is 3200. The Kier molecular flexibility index (Phi) is 6.55. The first-order valence-electron chi connectivity index (χ1n) is 18.0. The van der Waals surface area contributed by atoms with E-state index in [0.717, 1.165) is 83.2 Å². The predicted octanol–water partition coefficient (Wildman–Crippen LogP) is 14.6. The number of hydrogen-bond acceptors (Lipinski definition) is 3. The number of fused-ring (bicyclic) bond motifs is 8. The fourth-order valence-electron chi connectivity index (χ4n) is 8.23. The molecule has 0 aliphatic carbocycles. The molecule has 11 rings (SSSR count). The van der Waals surface area contributed by atoms with Crippen molar-refractivity contribution in [1.82, 2.24) is 0 Å². The van der Waals surface area contributed by atoms with Crippen molar-refractivity contribution < 1.29 is 8.83 Å². The number of hydrogen-bond donors (Lipinski definition) is 0.